The fraction of sp³-hybridized carbons (Fsp3) is 0.615. The largest absolute Gasteiger partial charge is 0.262 e. The van der Waals surface area contributed by atoms with Gasteiger partial charge in [-0.2, -0.15) is 0 Å². The highest BCUT2D eigenvalue weighted by molar-refractivity contribution is 5.24. The molecule has 0 aromatic carbocycles. The van der Waals surface area contributed by atoms with Crippen molar-refractivity contribution in [3.05, 3.63) is 29.6 Å². The highest BCUT2D eigenvalue weighted by atomic mass is 19.1. The summed E-state index contributed by atoms with van der Waals surface area (Å²) < 4.78 is 13.4. The van der Waals surface area contributed by atoms with Crippen molar-refractivity contribution < 1.29 is 4.39 Å². The Morgan fingerprint density at radius 3 is 2.73 bits per heavy atom. The zero-order chi connectivity index (χ0) is 10.4. The lowest BCUT2D eigenvalue weighted by Gasteiger charge is -2.24. The lowest BCUT2D eigenvalue weighted by molar-refractivity contribution is 0.217. The number of pyridine rings is 1. The van der Waals surface area contributed by atoms with Gasteiger partial charge < -0.3 is 0 Å². The van der Waals surface area contributed by atoms with Crippen LogP contribution in [0.15, 0.2) is 18.3 Å². The van der Waals surface area contributed by atoms with Crippen LogP contribution < -0.4 is 0 Å². The van der Waals surface area contributed by atoms with Crippen LogP contribution in [0.4, 0.5) is 4.39 Å². The van der Waals surface area contributed by atoms with Crippen LogP contribution in [-0.2, 0) is 0 Å². The van der Waals surface area contributed by atoms with E-state index < -0.39 is 6.17 Å². The van der Waals surface area contributed by atoms with Gasteiger partial charge in [0.1, 0.15) is 6.17 Å². The maximum Gasteiger partial charge on any atom is 0.103 e. The second-order valence-electron chi connectivity index (χ2n) is 5.08. The van der Waals surface area contributed by atoms with E-state index in [-0.39, 0.29) is 0 Å². The molecule has 4 unspecified atom stereocenters. The fourth-order valence-electron chi connectivity index (χ4n) is 3.41. The molecule has 1 aromatic heterocycles. The Hall–Kier alpha value is -0.920. The summed E-state index contributed by atoms with van der Waals surface area (Å²) in [6, 6.07) is 4.27. The maximum absolute atomic E-state index is 13.4. The summed E-state index contributed by atoms with van der Waals surface area (Å²) in [6.07, 6.45) is 4.30. The number of alkyl halides is 1. The Kier molecular flexibility index (Phi) is 2.04. The molecule has 15 heavy (non-hydrogen) atoms. The lowest BCUT2D eigenvalue weighted by atomic mass is 9.83. The second kappa shape index (κ2) is 3.29. The van der Waals surface area contributed by atoms with E-state index >= 15 is 0 Å². The molecule has 1 aromatic rings. The SMILES string of the molecule is Cc1cc(C2CC3CC2CC3F)ccn1. The molecule has 2 heteroatoms. The number of nitrogens with zero attached hydrogens (tertiary/aromatic N) is 1. The zero-order valence-electron chi connectivity index (χ0n) is 8.99. The highest BCUT2D eigenvalue weighted by Crippen LogP contribution is 2.53. The smallest absolute Gasteiger partial charge is 0.103 e. The zero-order valence-corrected chi connectivity index (χ0v) is 8.99. The van der Waals surface area contributed by atoms with Crippen LogP contribution in [0.3, 0.4) is 0 Å². The molecule has 0 radical (unpaired) electrons. The molecule has 1 heterocycles. The average molecular weight is 205 g/mol. The molecule has 2 aliphatic rings. The van der Waals surface area contributed by atoms with E-state index in [1.165, 1.54) is 5.56 Å². The molecule has 80 valence electrons. The normalized spacial score (nSPS) is 38.5. The molecule has 1 nitrogen and oxygen atoms in total. The quantitative estimate of drug-likeness (QED) is 0.686. The maximum atomic E-state index is 13.4. The molecule has 2 fully saturated rings. The number of aromatic nitrogens is 1. The standard InChI is InChI=1S/C13H16FN/c1-8-4-9(2-3-15-8)12-6-11-5-10(12)7-13(11)14/h2-4,10-13H,5-7H2,1H3. The van der Waals surface area contributed by atoms with E-state index in [1.54, 1.807) is 0 Å². The number of hydrogen-bond donors (Lipinski definition) is 0. The molecule has 4 atom stereocenters. The monoisotopic (exact) mass is 205 g/mol. The summed E-state index contributed by atoms with van der Waals surface area (Å²) in [5.41, 5.74) is 2.45. The first-order chi connectivity index (χ1) is 7.24. The van der Waals surface area contributed by atoms with Crippen LogP contribution in [0.5, 0.6) is 0 Å². The van der Waals surface area contributed by atoms with E-state index in [1.807, 2.05) is 13.1 Å². The molecule has 0 saturated heterocycles. The Morgan fingerprint density at radius 2 is 2.13 bits per heavy atom. The third-order valence-corrected chi connectivity index (χ3v) is 4.12. The topological polar surface area (TPSA) is 12.9 Å². The molecular formula is C13H16FN. The van der Waals surface area contributed by atoms with Gasteiger partial charge in [0.2, 0.25) is 0 Å². The van der Waals surface area contributed by atoms with Gasteiger partial charge in [-0.15, -0.1) is 0 Å². The van der Waals surface area contributed by atoms with Crippen LogP contribution >= 0.6 is 0 Å². The predicted octanol–water partition coefficient (Wildman–Crippen LogP) is 3.24. The lowest BCUT2D eigenvalue weighted by Crippen LogP contribution is -2.17. The van der Waals surface area contributed by atoms with Crippen LogP contribution in [-0.4, -0.2) is 11.2 Å². The summed E-state index contributed by atoms with van der Waals surface area (Å²) in [7, 11) is 0. The molecule has 0 aliphatic heterocycles. The van der Waals surface area contributed by atoms with Gasteiger partial charge in [-0.25, -0.2) is 4.39 Å². The summed E-state index contributed by atoms with van der Waals surface area (Å²) in [4.78, 5) is 4.21. The van der Waals surface area contributed by atoms with Crippen molar-refractivity contribution in [1.82, 2.24) is 4.98 Å². The van der Waals surface area contributed by atoms with Crippen molar-refractivity contribution in [1.29, 1.82) is 0 Å². The third-order valence-electron chi connectivity index (χ3n) is 4.12. The van der Waals surface area contributed by atoms with Crippen molar-refractivity contribution in [3.8, 4) is 0 Å². The van der Waals surface area contributed by atoms with Gasteiger partial charge in [0.05, 0.1) is 0 Å². The van der Waals surface area contributed by atoms with Crippen molar-refractivity contribution in [2.75, 3.05) is 0 Å². The number of rotatable bonds is 1. The number of halogens is 1. The highest BCUT2D eigenvalue weighted by Gasteiger charge is 2.46. The summed E-state index contributed by atoms with van der Waals surface area (Å²) in [5, 5.41) is 0. The molecular weight excluding hydrogens is 189 g/mol. The Labute approximate surface area is 89.7 Å². The first kappa shape index (κ1) is 9.32. The summed E-state index contributed by atoms with van der Waals surface area (Å²) >= 11 is 0. The minimum Gasteiger partial charge on any atom is -0.262 e. The van der Waals surface area contributed by atoms with Gasteiger partial charge in [-0.3, -0.25) is 4.98 Å². The van der Waals surface area contributed by atoms with Crippen LogP contribution in [0.2, 0.25) is 0 Å². The van der Waals surface area contributed by atoms with Gasteiger partial charge in [0.15, 0.2) is 0 Å². The van der Waals surface area contributed by atoms with Crippen LogP contribution in [0.1, 0.15) is 36.4 Å². The van der Waals surface area contributed by atoms with Crippen molar-refractivity contribution in [2.24, 2.45) is 11.8 Å². The Bertz CT molecular complexity index is 375. The second-order valence-corrected chi connectivity index (χ2v) is 5.08. The van der Waals surface area contributed by atoms with Crippen LogP contribution in [0.25, 0.3) is 0 Å². The molecule has 3 rings (SSSR count). The molecule has 2 saturated carbocycles. The number of fused-ring (bicyclic) bond motifs is 2. The van der Waals surface area contributed by atoms with E-state index in [0.717, 1.165) is 25.0 Å². The van der Waals surface area contributed by atoms with Gasteiger partial charge in [-0.05, 0) is 61.6 Å². The molecule has 2 aliphatic carbocycles. The minimum absolute atomic E-state index is 0.341. The molecule has 2 bridgehead atoms. The molecule has 0 spiro atoms. The fourth-order valence-corrected chi connectivity index (χ4v) is 3.41. The predicted molar refractivity (Wildman–Crippen MR) is 57.4 cm³/mol. The minimum atomic E-state index is -0.519. The van der Waals surface area contributed by atoms with E-state index in [2.05, 4.69) is 17.1 Å². The van der Waals surface area contributed by atoms with Crippen molar-refractivity contribution in [3.63, 3.8) is 0 Å². The Balaban J connectivity index is 1.86. The van der Waals surface area contributed by atoms with Gasteiger partial charge in [-0.1, -0.05) is 0 Å². The summed E-state index contributed by atoms with van der Waals surface area (Å²) in [6.45, 7) is 2.02. The molecule has 0 N–H and O–H groups in total. The van der Waals surface area contributed by atoms with E-state index in [0.29, 0.717) is 17.8 Å². The van der Waals surface area contributed by atoms with Crippen molar-refractivity contribution >= 4 is 0 Å². The number of hydrogen-bond acceptors (Lipinski definition) is 1. The van der Waals surface area contributed by atoms with Crippen molar-refractivity contribution in [2.45, 2.75) is 38.3 Å². The Morgan fingerprint density at radius 1 is 1.27 bits per heavy atom. The first-order valence-electron chi connectivity index (χ1n) is 5.80. The summed E-state index contributed by atoms with van der Waals surface area (Å²) in [5.74, 6) is 1.53. The first-order valence-corrected chi connectivity index (χ1v) is 5.80. The molecule has 0 amide bonds. The number of aryl methyl sites for hydroxylation is 1. The van der Waals surface area contributed by atoms with Gasteiger partial charge >= 0.3 is 0 Å². The van der Waals surface area contributed by atoms with Crippen LogP contribution in [0, 0.1) is 18.8 Å². The van der Waals surface area contributed by atoms with Gasteiger partial charge in [0.25, 0.3) is 0 Å². The van der Waals surface area contributed by atoms with Gasteiger partial charge in [0, 0.05) is 11.9 Å². The van der Waals surface area contributed by atoms with E-state index in [9.17, 15) is 4.39 Å². The third kappa shape index (κ3) is 1.47. The average Bonchev–Trinajstić information content (AvgIpc) is 2.76. The van der Waals surface area contributed by atoms with E-state index in [4.69, 9.17) is 0 Å².